The van der Waals surface area contributed by atoms with E-state index in [4.69, 9.17) is 10.2 Å². The van der Waals surface area contributed by atoms with E-state index in [1.54, 1.807) is 0 Å². The maximum atomic E-state index is 13.1. The van der Waals surface area contributed by atoms with Gasteiger partial charge in [-0.15, -0.1) is 0 Å². The SMILES string of the molecule is O=C(O)CC(F)(F)c1cccc(F)c1O. The van der Waals surface area contributed by atoms with Gasteiger partial charge in [0.25, 0.3) is 5.92 Å². The molecule has 1 rings (SSSR count). The molecule has 3 nitrogen and oxygen atoms in total. The number of carboxylic acid groups (broad SMARTS) is 1. The first-order valence-electron chi connectivity index (χ1n) is 3.92. The second-order valence-electron chi connectivity index (χ2n) is 2.91. The summed E-state index contributed by atoms with van der Waals surface area (Å²) >= 11 is 0. The lowest BCUT2D eigenvalue weighted by Gasteiger charge is -2.15. The molecule has 0 aromatic heterocycles. The maximum Gasteiger partial charge on any atom is 0.309 e. The zero-order valence-corrected chi connectivity index (χ0v) is 7.38. The Hall–Kier alpha value is -1.72. The minimum atomic E-state index is -3.79. The highest BCUT2D eigenvalue weighted by molar-refractivity contribution is 5.68. The predicted octanol–water partition coefficient (Wildman–Crippen LogP) is 2.10. The van der Waals surface area contributed by atoms with E-state index < -0.39 is 35.4 Å². The number of para-hydroxylation sites is 1. The summed E-state index contributed by atoms with van der Waals surface area (Å²) in [6.07, 6.45) is -1.50. The van der Waals surface area contributed by atoms with Crippen molar-refractivity contribution < 1.29 is 28.2 Å². The summed E-state index contributed by atoms with van der Waals surface area (Å²) < 4.78 is 39.0. The van der Waals surface area contributed by atoms with Gasteiger partial charge in [-0.3, -0.25) is 4.79 Å². The van der Waals surface area contributed by atoms with Gasteiger partial charge in [0.1, 0.15) is 6.42 Å². The third kappa shape index (κ3) is 2.39. The Morgan fingerprint density at radius 1 is 1.40 bits per heavy atom. The van der Waals surface area contributed by atoms with Gasteiger partial charge < -0.3 is 10.2 Å². The van der Waals surface area contributed by atoms with E-state index in [0.717, 1.165) is 18.2 Å². The molecular weight excluding hydrogens is 213 g/mol. The highest BCUT2D eigenvalue weighted by atomic mass is 19.3. The number of aromatic hydroxyl groups is 1. The van der Waals surface area contributed by atoms with Gasteiger partial charge in [0.05, 0.1) is 5.56 Å². The molecule has 0 aliphatic rings. The number of halogens is 3. The molecule has 0 aliphatic carbocycles. The average Bonchev–Trinajstić information content (AvgIpc) is 2.07. The smallest absolute Gasteiger partial charge is 0.309 e. The second-order valence-corrected chi connectivity index (χ2v) is 2.91. The topological polar surface area (TPSA) is 57.5 Å². The molecule has 1 aromatic carbocycles. The first-order valence-corrected chi connectivity index (χ1v) is 3.92. The van der Waals surface area contributed by atoms with Crippen LogP contribution in [0.1, 0.15) is 12.0 Å². The highest BCUT2D eigenvalue weighted by Gasteiger charge is 2.37. The summed E-state index contributed by atoms with van der Waals surface area (Å²) in [5.74, 6) is -7.96. The van der Waals surface area contributed by atoms with Crippen LogP contribution in [0.5, 0.6) is 5.75 Å². The summed E-state index contributed by atoms with van der Waals surface area (Å²) in [7, 11) is 0. The quantitative estimate of drug-likeness (QED) is 0.820. The Balaban J connectivity index is 3.14. The molecule has 0 unspecified atom stereocenters. The molecule has 0 aliphatic heterocycles. The molecular formula is C9H7F3O3. The normalized spacial score (nSPS) is 11.4. The molecule has 0 radical (unpaired) electrons. The molecule has 0 saturated carbocycles. The molecule has 0 spiro atoms. The minimum absolute atomic E-state index is 0.779. The van der Waals surface area contributed by atoms with Crippen molar-refractivity contribution in [2.45, 2.75) is 12.3 Å². The molecule has 2 N–H and O–H groups in total. The van der Waals surface area contributed by atoms with Gasteiger partial charge in [0.15, 0.2) is 11.6 Å². The second kappa shape index (κ2) is 3.80. The molecule has 6 heteroatoms. The van der Waals surface area contributed by atoms with Crippen LogP contribution in [0.2, 0.25) is 0 Å². The van der Waals surface area contributed by atoms with E-state index in [2.05, 4.69) is 0 Å². The van der Waals surface area contributed by atoms with Crippen molar-refractivity contribution in [2.75, 3.05) is 0 Å². The number of rotatable bonds is 3. The van der Waals surface area contributed by atoms with Crippen molar-refractivity contribution >= 4 is 5.97 Å². The molecule has 0 amide bonds. The van der Waals surface area contributed by atoms with Crippen molar-refractivity contribution in [2.24, 2.45) is 0 Å². The van der Waals surface area contributed by atoms with Crippen LogP contribution < -0.4 is 0 Å². The Labute approximate surface area is 82.8 Å². The van der Waals surface area contributed by atoms with Crippen molar-refractivity contribution in [3.05, 3.63) is 29.6 Å². The lowest BCUT2D eigenvalue weighted by atomic mass is 10.0. The van der Waals surface area contributed by atoms with Crippen LogP contribution in [0.15, 0.2) is 18.2 Å². The first-order chi connectivity index (χ1) is 6.84. The lowest BCUT2D eigenvalue weighted by molar-refractivity contribution is -0.145. The summed E-state index contributed by atoms with van der Waals surface area (Å²) in [5, 5.41) is 17.2. The Kier molecular flexibility index (Phi) is 2.88. The highest BCUT2D eigenvalue weighted by Crippen LogP contribution is 2.38. The fourth-order valence-electron chi connectivity index (χ4n) is 1.10. The zero-order valence-electron chi connectivity index (χ0n) is 7.38. The van der Waals surface area contributed by atoms with E-state index >= 15 is 0 Å². The molecule has 0 fully saturated rings. The van der Waals surface area contributed by atoms with Crippen LogP contribution in [0.3, 0.4) is 0 Å². The first kappa shape index (κ1) is 11.4. The number of hydrogen-bond acceptors (Lipinski definition) is 2. The number of carboxylic acids is 1. The van der Waals surface area contributed by atoms with Crippen LogP contribution in [0, 0.1) is 5.82 Å². The molecule has 1 aromatic rings. The van der Waals surface area contributed by atoms with Crippen LogP contribution >= 0.6 is 0 Å². The number of phenolic OH excluding ortho intramolecular Hbond substituents is 1. The largest absolute Gasteiger partial charge is 0.504 e. The average molecular weight is 220 g/mol. The van der Waals surface area contributed by atoms with Crippen LogP contribution in [-0.2, 0) is 10.7 Å². The van der Waals surface area contributed by atoms with Gasteiger partial charge in [-0.2, -0.15) is 0 Å². The number of aliphatic carboxylic acids is 1. The van der Waals surface area contributed by atoms with E-state index in [1.807, 2.05) is 0 Å². The van der Waals surface area contributed by atoms with Crippen molar-refractivity contribution in [1.82, 2.24) is 0 Å². The third-order valence-electron chi connectivity index (χ3n) is 1.75. The maximum absolute atomic E-state index is 13.1. The fraction of sp³-hybridized carbons (Fsp3) is 0.222. The Morgan fingerprint density at radius 3 is 2.53 bits per heavy atom. The van der Waals surface area contributed by atoms with Gasteiger partial charge in [-0.05, 0) is 12.1 Å². The van der Waals surface area contributed by atoms with Crippen molar-refractivity contribution in [1.29, 1.82) is 0 Å². The molecule has 0 heterocycles. The number of phenols is 1. The van der Waals surface area contributed by atoms with Gasteiger partial charge in [0, 0.05) is 0 Å². The van der Waals surface area contributed by atoms with Gasteiger partial charge in [-0.25, -0.2) is 13.2 Å². The summed E-state index contributed by atoms with van der Waals surface area (Å²) in [4.78, 5) is 10.1. The lowest BCUT2D eigenvalue weighted by Crippen LogP contribution is -2.18. The van der Waals surface area contributed by atoms with Crippen LogP contribution in [0.4, 0.5) is 13.2 Å². The van der Waals surface area contributed by atoms with E-state index in [-0.39, 0.29) is 0 Å². The summed E-state index contributed by atoms with van der Waals surface area (Å²) in [6.45, 7) is 0. The predicted molar refractivity (Wildman–Crippen MR) is 44.2 cm³/mol. The van der Waals surface area contributed by atoms with Crippen molar-refractivity contribution in [3.63, 3.8) is 0 Å². The monoisotopic (exact) mass is 220 g/mol. The molecule has 82 valence electrons. The number of benzene rings is 1. The molecule has 0 bridgehead atoms. The molecule has 0 atom stereocenters. The summed E-state index contributed by atoms with van der Waals surface area (Å²) in [6, 6.07) is 2.55. The van der Waals surface area contributed by atoms with Crippen LogP contribution in [-0.4, -0.2) is 16.2 Å². The Bertz CT molecular complexity index is 390. The van der Waals surface area contributed by atoms with E-state index in [9.17, 15) is 18.0 Å². The van der Waals surface area contributed by atoms with Gasteiger partial charge >= 0.3 is 5.97 Å². The minimum Gasteiger partial charge on any atom is -0.504 e. The van der Waals surface area contributed by atoms with Crippen molar-refractivity contribution in [3.8, 4) is 5.75 Å². The Morgan fingerprint density at radius 2 is 2.00 bits per heavy atom. The fourth-order valence-corrected chi connectivity index (χ4v) is 1.10. The standard InChI is InChI=1S/C9H7F3O3/c10-6-3-1-2-5(8(6)15)9(11,12)4-7(13)14/h1-3,15H,4H2,(H,13,14). The third-order valence-corrected chi connectivity index (χ3v) is 1.75. The van der Waals surface area contributed by atoms with E-state index in [0.29, 0.717) is 0 Å². The number of alkyl halides is 2. The summed E-state index contributed by atoms with van der Waals surface area (Å²) in [5.41, 5.74) is -1.02. The van der Waals surface area contributed by atoms with Gasteiger partial charge in [-0.1, -0.05) is 6.07 Å². The number of hydrogen-bond donors (Lipinski definition) is 2. The zero-order chi connectivity index (χ0) is 11.6. The van der Waals surface area contributed by atoms with Gasteiger partial charge in [0.2, 0.25) is 0 Å². The van der Waals surface area contributed by atoms with Crippen LogP contribution in [0.25, 0.3) is 0 Å². The number of carbonyl (C=O) groups is 1. The molecule has 0 saturated heterocycles. The molecule has 15 heavy (non-hydrogen) atoms. The van der Waals surface area contributed by atoms with E-state index in [1.165, 1.54) is 0 Å².